The van der Waals surface area contributed by atoms with Gasteiger partial charge in [-0.15, -0.1) is 0 Å². The number of allylic oxidation sites excluding steroid dienone is 1. The number of amides is 2. The van der Waals surface area contributed by atoms with Crippen molar-refractivity contribution in [1.82, 2.24) is 4.31 Å². The molecular formula is C23H18F3N3O2S. The van der Waals surface area contributed by atoms with Crippen LogP contribution in [0.2, 0.25) is 0 Å². The van der Waals surface area contributed by atoms with Gasteiger partial charge in [0.25, 0.3) is 0 Å². The van der Waals surface area contributed by atoms with Crippen LogP contribution in [-0.4, -0.2) is 21.9 Å². The second kappa shape index (κ2) is 8.36. The van der Waals surface area contributed by atoms with E-state index in [4.69, 9.17) is 5.26 Å². The Morgan fingerprint density at radius 3 is 2.47 bits per heavy atom. The molecule has 4 rings (SSSR count). The molecule has 1 aliphatic heterocycles. The molecule has 164 valence electrons. The molecule has 0 saturated heterocycles. The number of nitrogens with zero attached hydrogens (tertiary/aromatic N) is 3. The zero-order chi connectivity index (χ0) is 23.0. The van der Waals surface area contributed by atoms with Crippen molar-refractivity contribution in [3.05, 3.63) is 76.5 Å². The van der Waals surface area contributed by atoms with Crippen LogP contribution in [0, 0.1) is 11.3 Å². The van der Waals surface area contributed by atoms with Crippen LogP contribution in [0.15, 0.2) is 59.8 Å². The minimum atomic E-state index is -4.56. The van der Waals surface area contributed by atoms with Crippen LogP contribution in [0.1, 0.15) is 42.5 Å². The molecule has 0 radical (unpaired) electrons. The van der Waals surface area contributed by atoms with Crippen LogP contribution in [-0.2, 0) is 11.0 Å². The molecule has 1 unspecified atom stereocenters. The SMILES string of the molecule is CCSN1C(=O)N(c2cccc(C(F)(F)F)c2)C2=C(C(=O)CC2)C1c1ccc(C#N)cc1. The molecule has 2 aromatic rings. The highest BCUT2D eigenvalue weighted by Gasteiger charge is 2.46. The number of hydrogen-bond acceptors (Lipinski definition) is 4. The number of halogens is 3. The summed E-state index contributed by atoms with van der Waals surface area (Å²) in [5.41, 5.74) is 1.17. The van der Waals surface area contributed by atoms with Gasteiger partial charge in [-0.25, -0.2) is 4.79 Å². The predicted octanol–water partition coefficient (Wildman–Crippen LogP) is 5.85. The maximum Gasteiger partial charge on any atom is 0.416 e. The first-order valence-corrected chi connectivity index (χ1v) is 10.9. The lowest BCUT2D eigenvalue weighted by Gasteiger charge is -2.41. The summed E-state index contributed by atoms with van der Waals surface area (Å²) in [5, 5.41) is 9.08. The summed E-state index contributed by atoms with van der Waals surface area (Å²) in [4.78, 5) is 27.7. The van der Waals surface area contributed by atoms with Crippen molar-refractivity contribution in [2.75, 3.05) is 10.7 Å². The average molecular weight is 457 g/mol. The van der Waals surface area contributed by atoms with Crippen LogP contribution >= 0.6 is 11.9 Å². The number of rotatable bonds is 4. The molecule has 1 aliphatic carbocycles. The number of urea groups is 1. The van der Waals surface area contributed by atoms with E-state index in [1.807, 2.05) is 13.0 Å². The Hall–Kier alpha value is -3.25. The van der Waals surface area contributed by atoms with Gasteiger partial charge < -0.3 is 0 Å². The molecule has 0 N–H and O–H groups in total. The summed E-state index contributed by atoms with van der Waals surface area (Å²) >= 11 is 1.20. The van der Waals surface area contributed by atoms with E-state index < -0.39 is 23.8 Å². The van der Waals surface area contributed by atoms with Crippen molar-refractivity contribution in [3.8, 4) is 6.07 Å². The first-order chi connectivity index (χ1) is 15.3. The highest BCUT2D eigenvalue weighted by atomic mass is 32.2. The lowest BCUT2D eigenvalue weighted by atomic mass is 9.94. The molecule has 32 heavy (non-hydrogen) atoms. The highest BCUT2D eigenvalue weighted by molar-refractivity contribution is 7.97. The van der Waals surface area contributed by atoms with E-state index in [1.165, 1.54) is 33.3 Å². The van der Waals surface area contributed by atoms with E-state index in [2.05, 4.69) is 0 Å². The number of carbonyl (C=O) groups excluding carboxylic acids is 2. The molecule has 2 amide bonds. The summed E-state index contributed by atoms with van der Waals surface area (Å²) in [7, 11) is 0. The number of alkyl halides is 3. The number of benzene rings is 2. The summed E-state index contributed by atoms with van der Waals surface area (Å²) in [5.74, 6) is 0.381. The number of carbonyl (C=O) groups is 2. The number of ketones is 1. The monoisotopic (exact) mass is 457 g/mol. The van der Waals surface area contributed by atoms with Gasteiger partial charge in [0.2, 0.25) is 0 Å². The Morgan fingerprint density at radius 2 is 1.84 bits per heavy atom. The van der Waals surface area contributed by atoms with E-state index in [-0.39, 0.29) is 24.3 Å². The third-order valence-electron chi connectivity index (χ3n) is 5.41. The molecule has 0 fully saturated rings. The summed E-state index contributed by atoms with van der Waals surface area (Å²) in [6.45, 7) is 1.85. The van der Waals surface area contributed by atoms with Gasteiger partial charge in [0.05, 0.1) is 22.9 Å². The van der Waals surface area contributed by atoms with E-state index in [0.29, 0.717) is 28.1 Å². The van der Waals surface area contributed by atoms with Crippen molar-refractivity contribution in [2.45, 2.75) is 32.0 Å². The number of nitriles is 1. The minimum Gasteiger partial charge on any atom is -0.294 e. The van der Waals surface area contributed by atoms with Crippen LogP contribution in [0.25, 0.3) is 0 Å². The van der Waals surface area contributed by atoms with E-state index in [1.54, 1.807) is 24.3 Å². The van der Waals surface area contributed by atoms with E-state index in [9.17, 15) is 22.8 Å². The molecule has 5 nitrogen and oxygen atoms in total. The fourth-order valence-corrected chi connectivity index (χ4v) is 4.89. The number of hydrogen-bond donors (Lipinski definition) is 0. The average Bonchev–Trinajstić information content (AvgIpc) is 3.15. The van der Waals surface area contributed by atoms with Crippen LogP contribution in [0.5, 0.6) is 0 Å². The quantitative estimate of drug-likeness (QED) is 0.541. The van der Waals surface area contributed by atoms with Gasteiger partial charge in [0.1, 0.15) is 6.04 Å². The highest BCUT2D eigenvalue weighted by Crippen LogP contribution is 2.47. The molecule has 0 bridgehead atoms. The molecular weight excluding hydrogens is 439 g/mol. The lowest BCUT2D eigenvalue weighted by Crippen LogP contribution is -2.47. The Bertz CT molecular complexity index is 1150. The predicted molar refractivity (Wildman–Crippen MR) is 114 cm³/mol. The topological polar surface area (TPSA) is 64.4 Å². The summed E-state index contributed by atoms with van der Waals surface area (Å²) in [6.07, 6.45) is -4.10. The Morgan fingerprint density at radius 1 is 1.12 bits per heavy atom. The molecule has 1 heterocycles. The zero-order valence-electron chi connectivity index (χ0n) is 17.0. The zero-order valence-corrected chi connectivity index (χ0v) is 17.8. The van der Waals surface area contributed by atoms with Crippen LogP contribution in [0.3, 0.4) is 0 Å². The molecule has 1 atom stereocenters. The fourth-order valence-electron chi connectivity index (χ4n) is 4.04. The van der Waals surface area contributed by atoms with Crippen molar-refractivity contribution < 1.29 is 22.8 Å². The summed E-state index contributed by atoms with van der Waals surface area (Å²) in [6, 6.07) is 12.1. The third-order valence-corrected chi connectivity index (χ3v) is 6.32. The van der Waals surface area contributed by atoms with E-state index >= 15 is 0 Å². The largest absolute Gasteiger partial charge is 0.416 e. The first-order valence-electron chi connectivity index (χ1n) is 9.96. The Balaban J connectivity index is 1.88. The first kappa shape index (κ1) is 22.0. The number of anilines is 1. The van der Waals surface area contributed by atoms with Gasteiger partial charge in [-0.3, -0.25) is 14.0 Å². The van der Waals surface area contributed by atoms with Crippen molar-refractivity contribution >= 4 is 29.4 Å². The second-order valence-corrected chi connectivity index (χ2v) is 8.56. The van der Waals surface area contributed by atoms with Gasteiger partial charge in [-0.2, -0.15) is 18.4 Å². The number of Topliss-reactive ketones (excluding diaryl/α,β-unsaturated/α-hetero) is 1. The van der Waals surface area contributed by atoms with Crippen molar-refractivity contribution in [3.63, 3.8) is 0 Å². The van der Waals surface area contributed by atoms with Crippen LogP contribution in [0.4, 0.5) is 23.7 Å². The van der Waals surface area contributed by atoms with Gasteiger partial charge in [0.15, 0.2) is 5.78 Å². The lowest BCUT2D eigenvalue weighted by molar-refractivity contribution is -0.137. The fraction of sp³-hybridized carbons (Fsp3) is 0.261. The Labute approximate surface area is 187 Å². The van der Waals surface area contributed by atoms with Gasteiger partial charge in [-0.05, 0) is 54.3 Å². The van der Waals surface area contributed by atoms with Crippen molar-refractivity contribution in [2.24, 2.45) is 0 Å². The molecule has 9 heteroatoms. The Kier molecular flexibility index (Phi) is 5.73. The van der Waals surface area contributed by atoms with Gasteiger partial charge >= 0.3 is 12.2 Å². The molecule has 0 aromatic heterocycles. The van der Waals surface area contributed by atoms with E-state index in [0.717, 1.165) is 12.1 Å². The molecule has 0 saturated carbocycles. The second-order valence-electron chi connectivity index (χ2n) is 7.33. The maximum absolute atomic E-state index is 13.6. The van der Waals surface area contributed by atoms with Crippen molar-refractivity contribution in [1.29, 1.82) is 5.26 Å². The van der Waals surface area contributed by atoms with Gasteiger partial charge in [0, 0.05) is 23.4 Å². The molecule has 2 aromatic carbocycles. The maximum atomic E-state index is 13.6. The molecule has 0 spiro atoms. The standard InChI is InChI=1S/C23H18F3N3O2S/c1-2-32-29-21(15-8-6-14(13-27)7-9-15)20-18(10-11-19(20)30)28(22(29)31)17-5-3-4-16(12-17)23(24,25)26/h3-9,12,21H,2,10-11H2,1H3. The minimum absolute atomic E-state index is 0.0759. The normalized spacial score (nSPS) is 18.8. The smallest absolute Gasteiger partial charge is 0.294 e. The molecule has 2 aliphatic rings. The summed E-state index contributed by atoms with van der Waals surface area (Å²) < 4.78 is 41.3. The third kappa shape index (κ3) is 3.75. The van der Waals surface area contributed by atoms with Gasteiger partial charge in [-0.1, -0.05) is 25.1 Å². The van der Waals surface area contributed by atoms with Crippen LogP contribution < -0.4 is 4.90 Å².